The number of carbonyl (C=O) groups is 1. The number of nitrogens with one attached hydrogen (secondary N) is 1. The van der Waals surface area contributed by atoms with Gasteiger partial charge in [0.05, 0.1) is 20.1 Å². The van der Waals surface area contributed by atoms with Crippen LogP contribution in [0, 0.1) is 6.92 Å². The lowest BCUT2D eigenvalue weighted by Gasteiger charge is -2.08. The third-order valence-electron chi connectivity index (χ3n) is 2.56. The molecule has 1 heterocycles. The highest BCUT2D eigenvalue weighted by molar-refractivity contribution is 9.11. The first-order valence-electron chi connectivity index (χ1n) is 5.52. The van der Waals surface area contributed by atoms with Crippen molar-refractivity contribution >= 4 is 60.5 Å². The maximum absolute atomic E-state index is 12.2. The first kappa shape index (κ1) is 16.3. The third-order valence-corrected chi connectivity index (χ3v) is 6.85. The molecule has 0 atom stereocenters. The molecule has 0 amide bonds. The Hall–Kier alpha value is -1.09. The number of aryl methyl sites for hydroxylation is 1. The molecule has 0 radical (unpaired) electrons. The Bertz CT molecular complexity index is 797. The SMILES string of the molecule is Cc1cc(S(=O)(=O)Nc2ccc(C(=O)O)cc2Cl)sc1Br. The maximum Gasteiger partial charge on any atom is 0.335 e. The number of sulfonamides is 1. The number of benzene rings is 1. The molecule has 0 fully saturated rings. The van der Waals surface area contributed by atoms with Crippen LogP contribution in [0.5, 0.6) is 0 Å². The van der Waals surface area contributed by atoms with Crippen LogP contribution in [-0.2, 0) is 10.0 Å². The first-order valence-corrected chi connectivity index (χ1v) is 8.99. The van der Waals surface area contributed by atoms with Crippen molar-refractivity contribution in [1.29, 1.82) is 0 Å². The molecule has 0 aliphatic carbocycles. The predicted octanol–water partition coefficient (Wildman–Crippen LogP) is 3.97. The molecule has 0 saturated heterocycles. The van der Waals surface area contributed by atoms with E-state index < -0.39 is 16.0 Å². The van der Waals surface area contributed by atoms with E-state index in [1.807, 2.05) is 0 Å². The van der Waals surface area contributed by atoms with E-state index in [-0.39, 0.29) is 20.5 Å². The van der Waals surface area contributed by atoms with Crippen molar-refractivity contribution in [2.45, 2.75) is 11.1 Å². The van der Waals surface area contributed by atoms with Gasteiger partial charge in [0, 0.05) is 0 Å². The van der Waals surface area contributed by atoms with E-state index in [1.165, 1.54) is 24.3 Å². The number of thiophene rings is 1. The highest BCUT2D eigenvalue weighted by Crippen LogP contribution is 2.33. The fraction of sp³-hybridized carbons (Fsp3) is 0.0833. The van der Waals surface area contributed by atoms with E-state index >= 15 is 0 Å². The Morgan fingerprint density at radius 3 is 2.52 bits per heavy atom. The van der Waals surface area contributed by atoms with Crippen molar-refractivity contribution < 1.29 is 18.3 Å². The molecule has 0 aliphatic rings. The summed E-state index contributed by atoms with van der Waals surface area (Å²) in [5.74, 6) is -1.14. The number of halogens is 2. The van der Waals surface area contributed by atoms with E-state index in [9.17, 15) is 13.2 Å². The van der Waals surface area contributed by atoms with Gasteiger partial charge in [-0.3, -0.25) is 4.72 Å². The van der Waals surface area contributed by atoms with Crippen LogP contribution in [0.4, 0.5) is 5.69 Å². The Balaban J connectivity index is 2.35. The van der Waals surface area contributed by atoms with E-state index in [0.717, 1.165) is 20.7 Å². The Kier molecular flexibility index (Phi) is 4.62. The van der Waals surface area contributed by atoms with E-state index in [2.05, 4.69) is 20.7 Å². The lowest BCUT2D eigenvalue weighted by Crippen LogP contribution is -2.12. The van der Waals surface area contributed by atoms with E-state index in [1.54, 1.807) is 6.92 Å². The summed E-state index contributed by atoms with van der Waals surface area (Å²) >= 11 is 10.3. The minimum atomic E-state index is -3.76. The molecule has 0 bridgehead atoms. The van der Waals surface area contributed by atoms with Gasteiger partial charge in [0.25, 0.3) is 10.0 Å². The number of aromatic carboxylic acids is 1. The van der Waals surface area contributed by atoms with Crippen LogP contribution in [0.15, 0.2) is 32.3 Å². The van der Waals surface area contributed by atoms with Crippen LogP contribution in [0.25, 0.3) is 0 Å². The lowest BCUT2D eigenvalue weighted by molar-refractivity contribution is 0.0697. The van der Waals surface area contributed by atoms with Crippen LogP contribution >= 0.6 is 38.9 Å². The number of anilines is 1. The zero-order chi connectivity index (χ0) is 15.8. The molecule has 2 aromatic rings. The van der Waals surface area contributed by atoms with Crippen LogP contribution in [0.1, 0.15) is 15.9 Å². The third kappa shape index (κ3) is 3.57. The van der Waals surface area contributed by atoms with Crippen molar-refractivity contribution in [3.05, 3.63) is 44.2 Å². The molecule has 9 heteroatoms. The van der Waals surface area contributed by atoms with Gasteiger partial charge in [0.1, 0.15) is 4.21 Å². The topological polar surface area (TPSA) is 83.5 Å². The highest BCUT2D eigenvalue weighted by atomic mass is 79.9. The minimum Gasteiger partial charge on any atom is -0.478 e. The number of rotatable bonds is 4. The van der Waals surface area contributed by atoms with E-state index in [4.69, 9.17) is 16.7 Å². The summed E-state index contributed by atoms with van der Waals surface area (Å²) in [5.41, 5.74) is 0.925. The van der Waals surface area contributed by atoms with Crippen molar-refractivity contribution in [2.24, 2.45) is 0 Å². The predicted molar refractivity (Wildman–Crippen MR) is 86.0 cm³/mol. The molecule has 0 spiro atoms. The van der Waals surface area contributed by atoms with Gasteiger partial charge in [-0.15, -0.1) is 11.3 Å². The molecule has 112 valence electrons. The standard InChI is InChI=1S/C12H9BrClNO4S2/c1-6-4-10(20-11(6)13)21(18,19)15-9-3-2-7(12(16)17)5-8(9)14/h2-5,15H,1H3,(H,16,17). The fourth-order valence-corrected chi connectivity index (χ4v) is 5.08. The summed E-state index contributed by atoms with van der Waals surface area (Å²) in [4.78, 5) is 10.8. The number of carboxylic acids is 1. The summed E-state index contributed by atoms with van der Waals surface area (Å²) in [7, 11) is -3.76. The second-order valence-electron chi connectivity index (χ2n) is 4.13. The van der Waals surface area contributed by atoms with Gasteiger partial charge in [-0.2, -0.15) is 0 Å². The fourth-order valence-electron chi connectivity index (χ4n) is 1.49. The zero-order valence-electron chi connectivity index (χ0n) is 10.6. The molecule has 21 heavy (non-hydrogen) atoms. The second-order valence-corrected chi connectivity index (χ2v) is 8.81. The molecule has 1 aromatic heterocycles. The quantitative estimate of drug-likeness (QED) is 0.799. The monoisotopic (exact) mass is 409 g/mol. The van der Waals surface area contributed by atoms with Crippen molar-refractivity contribution in [1.82, 2.24) is 0 Å². The Morgan fingerprint density at radius 1 is 1.38 bits per heavy atom. The molecule has 1 aromatic carbocycles. The maximum atomic E-state index is 12.2. The van der Waals surface area contributed by atoms with Gasteiger partial charge in [0.15, 0.2) is 0 Å². The number of carboxylic acid groups (broad SMARTS) is 1. The molecule has 2 N–H and O–H groups in total. The molecule has 0 aliphatic heterocycles. The molecular weight excluding hydrogens is 402 g/mol. The van der Waals surface area contributed by atoms with Gasteiger partial charge in [-0.1, -0.05) is 11.6 Å². The van der Waals surface area contributed by atoms with Gasteiger partial charge >= 0.3 is 5.97 Å². The molecule has 0 unspecified atom stereocenters. The molecule has 2 rings (SSSR count). The Morgan fingerprint density at radius 2 is 2.05 bits per heavy atom. The summed E-state index contributed by atoms with van der Waals surface area (Å²) in [6.07, 6.45) is 0. The molecular formula is C12H9BrClNO4S2. The zero-order valence-corrected chi connectivity index (χ0v) is 14.5. The minimum absolute atomic E-state index is 0.0161. The second kappa shape index (κ2) is 5.96. The lowest BCUT2D eigenvalue weighted by atomic mass is 10.2. The van der Waals surface area contributed by atoms with Gasteiger partial charge < -0.3 is 5.11 Å². The van der Waals surface area contributed by atoms with Crippen LogP contribution in [-0.4, -0.2) is 19.5 Å². The molecule has 0 saturated carbocycles. The molecule has 5 nitrogen and oxygen atoms in total. The van der Waals surface area contributed by atoms with Crippen molar-refractivity contribution in [3.8, 4) is 0 Å². The van der Waals surface area contributed by atoms with Crippen LogP contribution in [0.2, 0.25) is 5.02 Å². The van der Waals surface area contributed by atoms with Crippen LogP contribution in [0.3, 0.4) is 0 Å². The van der Waals surface area contributed by atoms with Crippen LogP contribution < -0.4 is 4.72 Å². The average molecular weight is 411 g/mol. The van der Waals surface area contributed by atoms with Gasteiger partial charge in [-0.25, -0.2) is 13.2 Å². The largest absolute Gasteiger partial charge is 0.478 e. The van der Waals surface area contributed by atoms with Crippen molar-refractivity contribution in [3.63, 3.8) is 0 Å². The normalized spacial score (nSPS) is 11.4. The van der Waals surface area contributed by atoms with Gasteiger partial charge in [-0.05, 0) is 52.7 Å². The number of hydrogen-bond donors (Lipinski definition) is 2. The summed E-state index contributed by atoms with van der Waals surface area (Å²) < 4.78 is 27.7. The smallest absolute Gasteiger partial charge is 0.335 e. The van der Waals surface area contributed by atoms with Crippen molar-refractivity contribution in [2.75, 3.05) is 4.72 Å². The summed E-state index contributed by atoms with van der Waals surface area (Å²) in [6.45, 7) is 1.79. The summed E-state index contributed by atoms with van der Waals surface area (Å²) in [6, 6.07) is 5.33. The average Bonchev–Trinajstić information content (AvgIpc) is 2.72. The first-order chi connectivity index (χ1) is 9.70. The van der Waals surface area contributed by atoms with Gasteiger partial charge in [0.2, 0.25) is 0 Å². The number of hydrogen-bond acceptors (Lipinski definition) is 4. The highest BCUT2D eigenvalue weighted by Gasteiger charge is 2.20. The Labute approximate surface area is 138 Å². The summed E-state index contributed by atoms with van der Waals surface area (Å²) in [5, 5.41) is 8.86. The van der Waals surface area contributed by atoms with E-state index in [0.29, 0.717) is 0 Å².